The molecule has 3 rings (SSSR count). The molecule has 0 radical (unpaired) electrons. The van der Waals surface area contributed by atoms with Gasteiger partial charge in [-0.1, -0.05) is 50.1 Å². The van der Waals surface area contributed by atoms with E-state index in [9.17, 15) is 4.79 Å². The molecule has 36 heavy (non-hydrogen) atoms. The molecule has 1 aliphatic heterocycles. The zero-order valence-electron chi connectivity index (χ0n) is 22.0. The average Bonchev–Trinajstić information content (AvgIpc) is 3.37. The Morgan fingerprint density at radius 2 is 2.03 bits per heavy atom. The van der Waals surface area contributed by atoms with Crippen molar-refractivity contribution < 1.29 is 14.3 Å². The van der Waals surface area contributed by atoms with E-state index >= 15 is 0 Å². The fraction of sp³-hybridized carbons (Fsp3) is 0.333. The molecule has 1 aliphatic rings. The summed E-state index contributed by atoms with van der Waals surface area (Å²) in [5.41, 5.74) is 4.83. The molecule has 1 aromatic heterocycles. The van der Waals surface area contributed by atoms with Crippen molar-refractivity contribution in [3.63, 3.8) is 0 Å². The Morgan fingerprint density at radius 3 is 2.64 bits per heavy atom. The number of hydrogen-bond donors (Lipinski definition) is 1. The van der Waals surface area contributed by atoms with Gasteiger partial charge in [0.2, 0.25) is 5.91 Å². The molecule has 2 heterocycles. The molecule has 0 fully saturated rings. The summed E-state index contributed by atoms with van der Waals surface area (Å²) in [6.07, 6.45) is 12.5. The lowest BCUT2D eigenvalue weighted by Crippen LogP contribution is -2.32. The lowest BCUT2D eigenvalue weighted by atomic mass is 10.1. The van der Waals surface area contributed by atoms with E-state index < -0.39 is 0 Å². The highest BCUT2D eigenvalue weighted by Crippen LogP contribution is 2.41. The van der Waals surface area contributed by atoms with Crippen LogP contribution >= 0.6 is 0 Å². The van der Waals surface area contributed by atoms with Crippen molar-refractivity contribution in [1.82, 2.24) is 10.2 Å². The van der Waals surface area contributed by atoms with E-state index in [2.05, 4.69) is 29.9 Å². The van der Waals surface area contributed by atoms with Crippen LogP contribution in [0.1, 0.15) is 47.0 Å². The van der Waals surface area contributed by atoms with Crippen LogP contribution in [0.5, 0.6) is 5.75 Å². The normalized spacial score (nSPS) is 15.7. The van der Waals surface area contributed by atoms with Gasteiger partial charge < -0.3 is 14.4 Å². The van der Waals surface area contributed by atoms with Gasteiger partial charge in [0.25, 0.3) is 0 Å². The maximum atomic E-state index is 13.2. The van der Waals surface area contributed by atoms with Crippen LogP contribution < -0.4 is 9.64 Å². The largest absolute Gasteiger partial charge is 0.494 e. The molecular weight excluding hydrogens is 450 g/mol. The number of fused-ring (bicyclic) bond motifs is 1. The third-order valence-electron chi connectivity index (χ3n) is 5.96. The second kappa shape index (κ2) is 14.6. The number of allylic oxidation sites excluding steroid dienone is 6. The number of nitrogens with one attached hydrogen (secondary N) is 1. The van der Waals surface area contributed by atoms with Gasteiger partial charge in [-0.05, 0) is 57.4 Å². The molecule has 0 saturated carbocycles. The van der Waals surface area contributed by atoms with Gasteiger partial charge in [-0.25, -0.2) is 0 Å². The highest BCUT2D eigenvalue weighted by Gasteiger charge is 2.27. The fourth-order valence-corrected chi connectivity index (χ4v) is 3.73. The monoisotopic (exact) mass is 489 g/mol. The molecule has 0 saturated heterocycles. The predicted molar refractivity (Wildman–Crippen MR) is 149 cm³/mol. The van der Waals surface area contributed by atoms with Crippen molar-refractivity contribution in [3.05, 3.63) is 91.5 Å². The van der Waals surface area contributed by atoms with Gasteiger partial charge in [0.15, 0.2) is 5.75 Å². The summed E-state index contributed by atoms with van der Waals surface area (Å²) >= 11 is 0. The van der Waals surface area contributed by atoms with Gasteiger partial charge in [-0.15, -0.1) is 0 Å². The second-order valence-corrected chi connectivity index (χ2v) is 8.49. The summed E-state index contributed by atoms with van der Waals surface area (Å²) in [4.78, 5) is 15.0. The molecule has 1 unspecified atom stereocenters. The average molecular weight is 490 g/mol. The highest BCUT2D eigenvalue weighted by atomic mass is 16.5. The van der Waals surface area contributed by atoms with Crippen LogP contribution in [0.3, 0.4) is 0 Å². The Morgan fingerprint density at radius 1 is 1.28 bits per heavy atom. The SMILES string of the molecule is C=C/C(C)=C(C)\C(=C/C)OCCCC(=O)N1CCC(C)Oc2c(-c3cn[nH]c3)cccc21.C=CC=C. The van der Waals surface area contributed by atoms with Crippen LogP contribution in [0, 0.1) is 0 Å². The molecule has 1 amide bonds. The number of nitrogens with zero attached hydrogens (tertiary/aromatic N) is 2. The third kappa shape index (κ3) is 7.60. The molecule has 0 spiro atoms. The Balaban J connectivity index is 0.00000106. The van der Waals surface area contributed by atoms with Crippen LogP contribution in [0.4, 0.5) is 5.69 Å². The van der Waals surface area contributed by atoms with E-state index in [-0.39, 0.29) is 12.0 Å². The Labute approximate surface area is 215 Å². The number of para-hydroxylation sites is 1. The first-order valence-electron chi connectivity index (χ1n) is 12.3. The zero-order chi connectivity index (χ0) is 26.5. The highest BCUT2D eigenvalue weighted by molar-refractivity contribution is 5.96. The number of rotatable bonds is 9. The van der Waals surface area contributed by atoms with Gasteiger partial charge in [-0.3, -0.25) is 9.89 Å². The quantitative estimate of drug-likeness (QED) is 0.230. The minimum Gasteiger partial charge on any atom is -0.494 e. The third-order valence-corrected chi connectivity index (χ3v) is 5.96. The summed E-state index contributed by atoms with van der Waals surface area (Å²) in [5.74, 6) is 1.65. The molecule has 2 aromatic rings. The maximum Gasteiger partial charge on any atom is 0.227 e. The van der Waals surface area contributed by atoms with E-state index in [4.69, 9.17) is 9.47 Å². The van der Waals surface area contributed by atoms with Crippen LogP contribution in [-0.4, -0.2) is 35.4 Å². The second-order valence-electron chi connectivity index (χ2n) is 8.49. The molecule has 1 N–H and O–H groups in total. The summed E-state index contributed by atoms with van der Waals surface area (Å²) in [6, 6.07) is 5.91. The minimum atomic E-state index is 0.0167. The Kier molecular flexibility index (Phi) is 11.5. The van der Waals surface area contributed by atoms with E-state index in [1.165, 1.54) is 0 Å². The van der Waals surface area contributed by atoms with Crippen molar-refractivity contribution in [2.75, 3.05) is 18.1 Å². The molecule has 1 atom stereocenters. The first kappa shape index (κ1) is 28.4. The number of carbonyl (C=O) groups excluding carboxylic acids is 1. The number of H-pyrrole nitrogens is 1. The Bertz CT molecular complexity index is 1090. The summed E-state index contributed by atoms with van der Waals surface area (Å²) < 4.78 is 12.2. The van der Waals surface area contributed by atoms with Crippen molar-refractivity contribution in [2.24, 2.45) is 0 Å². The Hall–Kier alpha value is -3.80. The maximum absolute atomic E-state index is 13.2. The van der Waals surface area contributed by atoms with Crippen molar-refractivity contribution in [2.45, 2.75) is 53.1 Å². The van der Waals surface area contributed by atoms with Gasteiger partial charge in [0, 0.05) is 36.7 Å². The molecule has 0 aliphatic carbocycles. The van der Waals surface area contributed by atoms with E-state index in [0.717, 1.165) is 45.9 Å². The van der Waals surface area contributed by atoms with Crippen LogP contribution in [-0.2, 0) is 9.53 Å². The smallest absolute Gasteiger partial charge is 0.227 e. The topological polar surface area (TPSA) is 67.4 Å². The number of hydrogen-bond acceptors (Lipinski definition) is 4. The number of benzene rings is 1. The van der Waals surface area contributed by atoms with Gasteiger partial charge >= 0.3 is 0 Å². The van der Waals surface area contributed by atoms with E-state index in [0.29, 0.717) is 26.0 Å². The fourth-order valence-electron chi connectivity index (χ4n) is 3.73. The first-order chi connectivity index (χ1) is 17.4. The predicted octanol–water partition coefficient (Wildman–Crippen LogP) is 7.16. The lowest BCUT2D eigenvalue weighted by molar-refractivity contribution is -0.118. The van der Waals surface area contributed by atoms with Crippen LogP contribution in [0.2, 0.25) is 0 Å². The lowest BCUT2D eigenvalue weighted by Gasteiger charge is -2.23. The standard InChI is InChI=1S/C26H33N3O3.C4H6/c1-6-18(3)20(5)24(7-2)31-15-9-12-25(30)29-14-13-19(4)32-26-22(10-8-11-23(26)29)21-16-27-28-17-21;1-3-4-2/h6-8,10-11,16-17,19H,1,9,12-15H2,2-5H3,(H,27,28);3-4H,1-2H2/b20-18-,24-7+;. The number of aromatic amines is 1. The number of ether oxygens (including phenoxy) is 2. The molecule has 0 bridgehead atoms. The van der Waals surface area contributed by atoms with Crippen LogP contribution in [0.15, 0.2) is 91.5 Å². The van der Waals surface area contributed by atoms with Crippen LogP contribution in [0.25, 0.3) is 11.1 Å². The number of carbonyl (C=O) groups is 1. The van der Waals surface area contributed by atoms with Crippen molar-refractivity contribution in [1.29, 1.82) is 0 Å². The molecule has 192 valence electrons. The summed E-state index contributed by atoms with van der Waals surface area (Å²) in [7, 11) is 0. The molecule has 6 heteroatoms. The zero-order valence-corrected chi connectivity index (χ0v) is 22.0. The first-order valence-corrected chi connectivity index (χ1v) is 12.3. The molecular formula is C30H39N3O3. The number of anilines is 1. The van der Waals surface area contributed by atoms with Gasteiger partial charge in [0.05, 0.1) is 24.6 Å². The molecule has 1 aromatic carbocycles. The van der Waals surface area contributed by atoms with Gasteiger partial charge in [0.1, 0.15) is 5.76 Å². The number of aromatic nitrogens is 2. The van der Waals surface area contributed by atoms with E-state index in [1.54, 1.807) is 18.3 Å². The molecule has 6 nitrogen and oxygen atoms in total. The van der Waals surface area contributed by atoms with Crippen molar-refractivity contribution in [3.8, 4) is 16.9 Å². The number of amides is 1. The minimum absolute atomic E-state index is 0.0167. The van der Waals surface area contributed by atoms with Crippen molar-refractivity contribution >= 4 is 11.6 Å². The summed E-state index contributed by atoms with van der Waals surface area (Å²) in [5, 5.41) is 6.90. The van der Waals surface area contributed by atoms with E-state index in [1.807, 2.05) is 69.1 Å². The van der Waals surface area contributed by atoms with Gasteiger partial charge in [-0.2, -0.15) is 5.10 Å². The summed E-state index contributed by atoms with van der Waals surface area (Å²) in [6.45, 7) is 19.7.